The molecule has 0 radical (unpaired) electrons. The Morgan fingerprint density at radius 2 is 1.40 bits per heavy atom. The maximum atomic E-state index is 5.46. The molecule has 1 N–H and O–H groups in total. The summed E-state index contributed by atoms with van der Waals surface area (Å²) in [6.45, 7) is 1.50. The molecule has 0 bridgehead atoms. The molecule has 0 spiro atoms. The summed E-state index contributed by atoms with van der Waals surface area (Å²) in [5, 5.41) is 5.84. The molecular formula is C21H23NO3. The minimum atomic E-state index is 0.730. The van der Waals surface area contributed by atoms with Crippen molar-refractivity contribution in [3.05, 3.63) is 65.7 Å². The molecule has 0 heterocycles. The van der Waals surface area contributed by atoms with Gasteiger partial charge in [0.15, 0.2) is 0 Å². The van der Waals surface area contributed by atoms with Gasteiger partial charge in [-0.05, 0) is 34.7 Å². The van der Waals surface area contributed by atoms with Gasteiger partial charge in [-0.15, -0.1) is 0 Å². The van der Waals surface area contributed by atoms with Crippen molar-refractivity contribution in [3.63, 3.8) is 0 Å². The van der Waals surface area contributed by atoms with Crippen molar-refractivity contribution in [3.8, 4) is 17.2 Å². The number of ether oxygens (including phenoxy) is 3. The minimum Gasteiger partial charge on any atom is -0.497 e. The van der Waals surface area contributed by atoms with E-state index < -0.39 is 0 Å². The van der Waals surface area contributed by atoms with Crippen LogP contribution in [0, 0.1) is 0 Å². The molecule has 0 atom stereocenters. The van der Waals surface area contributed by atoms with Gasteiger partial charge in [-0.3, -0.25) is 0 Å². The molecule has 130 valence electrons. The Labute approximate surface area is 148 Å². The number of hydrogen-bond acceptors (Lipinski definition) is 4. The lowest BCUT2D eigenvalue weighted by Gasteiger charge is -2.12. The number of benzene rings is 3. The summed E-state index contributed by atoms with van der Waals surface area (Å²) >= 11 is 0. The normalized spacial score (nSPS) is 10.7. The third-order valence-electron chi connectivity index (χ3n) is 4.25. The van der Waals surface area contributed by atoms with Crippen LogP contribution in [-0.4, -0.2) is 21.3 Å². The average molecular weight is 337 g/mol. The largest absolute Gasteiger partial charge is 0.497 e. The highest BCUT2D eigenvalue weighted by Crippen LogP contribution is 2.28. The van der Waals surface area contributed by atoms with E-state index in [0.717, 1.165) is 41.3 Å². The van der Waals surface area contributed by atoms with E-state index >= 15 is 0 Å². The zero-order chi connectivity index (χ0) is 17.6. The summed E-state index contributed by atoms with van der Waals surface area (Å²) < 4.78 is 16.1. The van der Waals surface area contributed by atoms with Crippen molar-refractivity contribution in [1.29, 1.82) is 0 Å². The number of fused-ring (bicyclic) bond motifs is 1. The molecule has 25 heavy (non-hydrogen) atoms. The van der Waals surface area contributed by atoms with Crippen molar-refractivity contribution in [2.45, 2.75) is 13.1 Å². The van der Waals surface area contributed by atoms with Gasteiger partial charge in [-0.25, -0.2) is 0 Å². The highest BCUT2D eigenvalue weighted by molar-refractivity contribution is 5.91. The molecule has 0 unspecified atom stereocenters. The van der Waals surface area contributed by atoms with E-state index in [4.69, 9.17) is 14.2 Å². The molecular weight excluding hydrogens is 314 g/mol. The maximum absolute atomic E-state index is 5.46. The van der Waals surface area contributed by atoms with Gasteiger partial charge in [0.1, 0.15) is 17.2 Å². The summed E-state index contributed by atoms with van der Waals surface area (Å²) in [6, 6.07) is 18.3. The predicted octanol–water partition coefficient (Wildman–Crippen LogP) is 4.16. The SMILES string of the molecule is COc1cc(CNCc2ccc(OC)c3ccccc23)cc(OC)c1. The van der Waals surface area contributed by atoms with E-state index in [0.29, 0.717) is 0 Å². The van der Waals surface area contributed by atoms with Crippen LogP contribution < -0.4 is 19.5 Å². The van der Waals surface area contributed by atoms with Gasteiger partial charge >= 0.3 is 0 Å². The molecule has 0 fully saturated rings. The standard InChI is InChI=1S/C21H23NO3/c1-23-17-10-15(11-18(12-17)24-2)13-22-14-16-8-9-21(25-3)20-7-5-4-6-19(16)20/h4-12,22H,13-14H2,1-3H3. The Kier molecular flexibility index (Phi) is 5.41. The van der Waals surface area contributed by atoms with Crippen LogP contribution in [0.3, 0.4) is 0 Å². The van der Waals surface area contributed by atoms with Crippen LogP contribution in [0.15, 0.2) is 54.6 Å². The first kappa shape index (κ1) is 17.1. The fourth-order valence-corrected chi connectivity index (χ4v) is 2.98. The Bertz CT molecular complexity index is 839. The second-order valence-corrected chi connectivity index (χ2v) is 5.80. The summed E-state index contributed by atoms with van der Waals surface area (Å²) in [5.41, 5.74) is 2.36. The summed E-state index contributed by atoms with van der Waals surface area (Å²) in [4.78, 5) is 0. The van der Waals surface area contributed by atoms with E-state index in [1.165, 1.54) is 10.9 Å². The van der Waals surface area contributed by atoms with Crippen molar-refractivity contribution >= 4 is 10.8 Å². The lowest BCUT2D eigenvalue weighted by Crippen LogP contribution is -2.13. The molecule has 0 saturated heterocycles. The summed E-state index contributed by atoms with van der Waals surface area (Å²) in [6.07, 6.45) is 0. The first-order valence-electron chi connectivity index (χ1n) is 8.22. The van der Waals surface area contributed by atoms with E-state index in [-0.39, 0.29) is 0 Å². The van der Waals surface area contributed by atoms with Crippen molar-refractivity contribution in [2.75, 3.05) is 21.3 Å². The van der Waals surface area contributed by atoms with Crippen LogP contribution >= 0.6 is 0 Å². The molecule has 4 nitrogen and oxygen atoms in total. The van der Waals surface area contributed by atoms with E-state index in [2.05, 4.69) is 29.6 Å². The van der Waals surface area contributed by atoms with E-state index in [1.807, 2.05) is 30.3 Å². The monoisotopic (exact) mass is 337 g/mol. The van der Waals surface area contributed by atoms with Gasteiger partial charge in [-0.2, -0.15) is 0 Å². The van der Waals surface area contributed by atoms with Gasteiger partial charge in [0.25, 0.3) is 0 Å². The molecule has 0 aliphatic heterocycles. The van der Waals surface area contributed by atoms with Gasteiger partial charge in [0.2, 0.25) is 0 Å². The smallest absolute Gasteiger partial charge is 0.126 e. The van der Waals surface area contributed by atoms with Crippen LogP contribution in [0.4, 0.5) is 0 Å². The third-order valence-corrected chi connectivity index (χ3v) is 4.25. The predicted molar refractivity (Wildman–Crippen MR) is 101 cm³/mol. The van der Waals surface area contributed by atoms with Crippen LogP contribution in [-0.2, 0) is 13.1 Å². The molecule has 4 heteroatoms. The zero-order valence-electron chi connectivity index (χ0n) is 14.8. The lowest BCUT2D eigenvalue weighted by atomic mass is 10.0. The highest BCUT2D eigenvalue weighted by atomic mass is 16.5. The van der Waals surface area contributed by atoms with Crippen molar-refractivity contribution in [1.82, 2.24) is 5.32 Å². The van der Waals surface area contributed by atoms with Crippen LogP contribution in [0.1, 0.15) is 11.1 Å². The molecule has 0 saturated carbocycles. The van der Waals surface area contributed by atoms with E-state index in [9.17, 15) is 0 Å². The first-order valence-corrected chi connectivity index (χ1v) is 8.22. The van der Waals surface area contributed by atoms with Crippen LogP contribution in [0.2, 0.25) is 0 Å². The first-order chi connectivity index (χ1) is 12.2. The minimum absolute atomic E-state index is 0.730. The van der Waals surface area contributed by atoms with Gasteiger partial charge in [0.05, 0.1) is 21.3 Å². The topological polar surface area (TPSA) is 39.7 Å². The highest BCUT2D eigenvalue weighted by Gasteiger charge is 2.06. The van der Waals surface area contributed by atoms with Gasteiger partial charge in [-0.1, -0.05) is 30.3 Å². The summed E-state index contributed by atoms with van der Waals surface area (Å²) in [5.74, 6) is 2.49. The molecule has 0 aliphatic carbocycles. The fraction of sp³-hybridized carbons (Fsp3) is 0.238. The maximum Gasteiger partial charge on any atom is 0.126 e. The number of nitrogens with one attached hydrogen (secondary N) is 1. The Balaban J connectivity index is 1.76. The van der Waals surface area contributed by atoms with Crippen molar-refractivity contribution < 1.29 is 14.2 Å². The number of methoxy groups -OCH3 is 3. The van der Waals surface area contributed by atoms with Gasteiger partial charge in [0, 0.05) is 24.5 Å². The number of rotatable bonds is 7. The Hall–Kier alpha value is -2.72. The molecule has 0 aromatic heterocycles. The lowest BCUT2D eigenvalue weighted by molar-refractivity contribution is 0.393. The van der Waals surface area contributed by atoms with Gasteiger partial charge < -0.3 is 19.5 Å². The third kappa shape index (κ3) is 3.86. The van der Waals surface area contributed by atoms with Crippen molar-refractivity contribution in [2.24, 2.45) is 0 Å². The fourth-order valence-electron chi connectivity index (χ4n) is 2.98. The van der Waals surface area contributed by atoms with Crippen LogP contribution in [0.25, 0.3) is 10.8 Å². The molecule has 3 aromatic rings. The van der Waals surface area contributed by atoms with Crippen LogP contribution in [0.5, 0.6) is 17.2 Å². The Morgan fingerprint density at radius 3 is 2.04 bits per heavy atom. The molecule has 0 aliphatic rings. The second kappa shape index (κ2) is 7.90. The summed E-state index contributed by atoms with van der Waals surface area (Å²) in [7, 11) is 5.03. The van der Waals surface area contributed by atoms with E-state index in [1.54, 1.807) is 21.3 Å². The molecule has 0 amide bonds. The number of hydrogen-bond donors (Lipinski definition) is 1. The average Bonchev–Trinajstić information content (AvgIpc) is 2.67. The molecule has 3 aromatic carbocycles. The quantitative estimate of drug-likeness (QED) is 0.703. The second-order valence-electron chi connectivity index (χ2n) is 5.80. The molecule has 3 rings (SSSR count). The zero-order valence-corrected chi connectivity index (χ0v) is 14.8. The Morgan fingerprint density at radius 1 is 0.720 bits per heavy atom.